The van der Waals surface area contributed by atoms with Gasteiger partial charge in [0.25, 0.3) is 5.91 Å². The predicted octanol–water partition coefficient (Wildman–Crippen LogP) is 3.70. The average Bonchev–Trinajstić information content (AvgIpc) is 3.40. The van der Waals surface area contributed by atoms with Gasteiger partial charge in [-0.2, -0.15) is 0 Å². The summed E-state index contributed by atoms with van der Waals surface area (Å²) in [5, 5.41) is 0. The van der Waals surface area contributed by atoms with E-state index in [-0.39, 0.29) is 5.91 Å². The van der Waals surface area contributed by atoms with Crippen LogP contribution in [0.15, 0.2) is 59.5 Å². The second-order valence-corrected chi connectivity index (χ2v) is 6.91. The van der Waals surface area contributed by atoms with Crippen molar-refractivity contribution in [3.05, 3.63) is 60.9 Å². The smallest absolute Gasteiger partial charge is 0.289 e. The van der Waals surface area contributed by atoms with E-state index in [0.29, 0.717) is 17.4 Å². The van der Waals surface area contributed by atoms with Gasteiger partial charge in [0.1, 0.15) is 11.5 Å². The molecule has 1 unspecified atom stereocenters. The Morgan fingerprint density at radius 2 is 2.26 bits per heavy atom. The molecule has 6 nitrogen and oxygen atoms in total. The van der Waals surface area contributed by atoms with Crippen LogP contribution in [0.2, 0.25) is 0 Å². The van der Waals surface area contributed by atoms with Crippen LogP contribution in [0.1, 0.15) is 23.4 Å². The van der Waals surface area contributed by atoms with E-state index in [0.717, 1.165) is 43.8 Å². The van der Waals surface area contributed by atoms with Crippen LogP contribution in [0.3, 0.4) is 0 Å². The lowest BCUT2D eigenvalue weighted by Crippen LogP contribution is -2.40. The molecule has 3 heterocycles. The van der Waals surface area contributed by atoms with Crippen molar-refractivity contribution < 1.29 is 13.9 Å². The van der Waals surface area contributed by atoms with Gasteiger partial charge in [0.2, 0.25) is 0 Å². The summed E-state index contributed by atoms with van der Waals surface area (Å²) in [5.74, 6) is 2.21. The van der Waals surface area contributed by atoms with Gasteiger partial charge in [-0.05, 0) is 43.0 Å². The number of furan rings is 1. The Labute approximate surface area is 158 Å². The first-order valence-corrected chi connectivity index (χ1v) is 9.22. The molecular weight excluding hydrogens is 342 g/mol. The minimum Gasteiger partial charge on any atom is -0.497 e. The third-order valence-corrected chi connectivity index (χ3v) is 5.01. The van der Waals surface area contributed by atoms with Gasteiger partial charge in [0, 0.05) is 37.6 Å². The average molecular weight is 365 g/mol. The van der Waals surface area contributed by atoms with Gasteiger partial charge in [-0.1, -0.05) is 12.1 Å². The van der Waals surface area contributed by atoms with E-state index >= 15 is 0 Å². The van der Waals surface area contributed by atoms with E-state index in [1.807, 2.05) is 47.8 Å². The summed E-state index contributed by atoms with van der Waals surface area (Å²) in [6.45, 7) is 2.40. The highest BCUT2D eigenvalue weighted by atomic mass is 16.5. The highest BCUT2D eigenvalue weighted by molar-refractivity contribution is 5.92. The monoisotopic (exact) mass is 365 g/mol. The Balaban J connectivity index is 1.45. The lowest BCUT2D eigenvalue weighted by molar-refractivity contribution is 0.0631. The molecule has 4 rings (SSSR count). The molecule has 0 aliphatic carbocycles. The third-order valence-electron chi connectivity index (χ3n) is 5.01. The molecule has 1 amide bonds. The van der Waals surface area contributed by atoms with E-state index in [2.05, 4.69) is 9.55 Å². The van der Waals surface area contributed by atoms with E-state index in [9.17, 15) is 4.79 Å². The quantitative estimate of drug-likeness (QED) is 0.692. The van der Waals surface area contributed by atoms with Gasteiger partial charge in [-0.15, -0.1) is 0 Å². The summed E-state index contributed by atoms with van der Waals surface area (Å²) in [4.78, 5) is 18.9. The molecule has 2 aromatic heterocycles. The minimum atomic E-state index is -0.0422. The van der Waals surface area contributed by atoms with E-state index in [1.54, 1.807) is 19.4 Å². The van der Waals surface area contributed by atoms with Crippen molar-refractivity contribution in [1.82, 2.24) is 14.5 Å². The maximum Gasteiger partial charge on any atom is 0.289 e. The first-order chi connectivity index (χ1) is 13.2. The predicted molar refractivity (Wildman–Crippen MR) is 102 cm³/mol. The lowest BCUT2D eigenvalue weighted by Gasteiger charge is -2.32. The molecule has 0 radical (unpaired) electrons. The molecule has 1 fully saturated rings. The Hall–Kier alpha value is -3.02. The van der Waals surface area contributed by atoms with Crippen LogP contribution in [0.25, 0.3) is 11.3 Å². The summed E-state index contributed by atoms with van der Waals surface area (Å²) in [6.07, 6.45) is 7.71. The molecule has 27 heavy (non-hydrogen) atoms. The molecule has 1 atom stereocenters. The van der Waals surface area contributed by atoms with Crippen molar-refractivity contribution in [2.45, 2.75) is 19.4 Å². The Morgan fingerprint density at radius 3 is 3.07 bits per heavy atom. The highest BCUT2D eigenvalue weighted by Crippen LogP contribution is 2.27. The number of piperidine rings is 1. The topological polar surface area (TPSA) is 60.5 Å². The lowest BCUT2D eigenvalue weighted by atomic mass is 9.97. The molecule has 0 saturated carbocycles. The molecule has 6 heteroatoms. The van der Waals surface area contributed by atoms with E-state index in [1.165, 1.54) is 0 Å². The SMILES string of the molecule is COc1cccc(-c2ccc(C(=O)N3CCCC(Cn4ccnc4)C3)o2)c1. The molecule has 1 aliphatic heterocycles. The molecule has 0 spiro atoms. The zero-order chi connectivity index (χ0) is 18.6. The van der Waals surface area contributed by atoms with Crippen molar-refractivity contribution in [3.63, 3.8) is 0 Å². The van der Waals surface area contributed by atoms with Gasteiger partial charge in [-0.25, -0.2) is 4.98 Å². The Bertz CT molecular complexity index is 901. The van der Waals surface area contributed by atoms with Crippen LogP contribution < -0.4 is 4.74 Å². The molecule has 3 aromatic rings. The molecular formula is C21H23N3O3. The van der Waals surface area contributed by atoms with Crippen molar-refractivity contribution in [1.29, 1.82) is 0 Å². The number of methoxy groups -OCH3 is 1. The minimum absolute atomic E-state index is 0.0422. The van der Waals surface area contributed by atoms with Crippen LogP contribution in [0, 0.1) is 5.92 Å². The summed E-state index contributed by atoms with van der Waals surface area (Å²) < 4.78 is 13.2. The van der Waals surface area contributed by atoms with Crippen LogP contribution >= 0.6 is 0 Å². The second-order valence-electron chi connectivity index (χ2n) is 6.91. The number of hydrogen-bond donors (Lipinski definition) is 0. The zero-order valence-corrected chi connectivity index (χ0v) is 15.4. The fourth-order valence-electron chi connectivity index (χ4n) is 3.63. The summed E-state index contributed by atoms with van der Waals surface area (Å²) in [5.41, 5.74) is 0.894. The van der Waals surface area contributed by atoms with Crippen molar-refractivity contribution >= 4 is 5.91 Å². The van der Waals surface area contributed by atoms with Crippen LogP contribution in [-0.2, 0) is 6.54 Å². The highest BCUT2D eigenvalue weighted by Gasteiger charge is 2.26. The van der Waals surface area contributed by atoms with Gasteiger partial charge < -0.3 is 18.6 Å². The van der Waals surface area contributed by atoms with Crippen LogP contribution in [0.4, 0.5) is 0 Å². The maximum absolute atomic E-state index is 12.9. The number of carbonyl (C=O) groups is 1. The molecule has 1 saturated heterocycles. The summed E-state index contributed by atoms with van der Waals surface area (Å²) in [7, 11) is 1.63. The molecule has 1 aliphatic rings. The standard InChI is InChI=1S/C21H23N3O3/c1-26-18-6-2-5-17(12-18)19-7-8-20(27-19)21(25)24-10-3-4-16(14-24)13-23-11-9-22-15-23/h2,5-9,11-12,15-16H,3-4,10,13-14H2,1H3. The van der Waals surface area contributed by atoms with Crippen molar-refractivity contribution in [3.8, 4) is 17.1 Å². The normalized spacial score (nSPS) is 17.1. The van der Waals surface area contributed by atoms with Crippen molar-refractivity contribution in [2.24, 2.45) is 5.92 Å². The number of nitrogens with zero attached hydrogens (tertiary/aromatic N) is 3. The maximum atomic E-state index is 12.9. The Morgan fingerprint density at radius 1 is 1.33 bits per heavy atom. The number of ether oxygens (including phenoxy) is 1. The fraction of sp³-hybridized carbons (Fsp3) is 0.333. The molecule has 1 aromatic carbocycles. The van der Waals surface area contributed by atoms with Gasteiger partial charge in [-0.3, -0.25) is 4.79 Å². The van der Waals surface area contributed by atoms with Gasteiger partial charge in [0.15, 0.2) is 5.76 Å². The number of carbonyl (C=O) groups excluding carboxylic acids is 1. The third kappa shape index (κ3) is 3.89. The number of hydrogen-bond acceptors (Lipinski definition) is 4. The fourth-order valence-corrected chi connectivity index (χ4v) is 3.63. The first-order valence-electron chi connectivity index (χ1n) is 9.22. The number of rotatable bonds is 5. The van der Waals surface area contributed by atoms with Gasteiger partial charge >= 0.3 is 0 Å². The number of likely N-dealkylation sites (tertiary alicyclic amines) is 1. The number of aromatic nitrogens is 2. The Kier molecular flexibility index (Phi) is 4.96. The van der Waals surface area contributed by atoms with Crippen LogP contribution in [0.5, 0.6) is 5.75 Å². The van der Waals surface area contributed by atoms with Crippen molar-refractivity contribution in [2.75, 3.05) is 20.2 Å². The van der Waals surface area contributed by atoms with E-state index < -0.39 is 0 Å². The number of amides is 1. The van der Waals surface area contributed by atoms with Crippen LogP contribution in [-0.4, -0.2) is 40.6 Å². The number of imidazole rings is 1. The van der Waals surface area contributed by atoms with E-state index in [4.69, 9.17) is 9.15 Å². The zero-order valence-electron chi connectivity index (χ0n) is 15.4. The molecule has 140 valence electrons. The first kappa shape index (κ1) is 17.4. The largest absolute Gasteiger partial charge is 0.497 e. The second kappa shape index (κ2) is 7.70. The molecule has 0 N–H and O–H groups in total. The summed E-state index contributed by atoms with van der Waals surface area (Å²) >= 11 is 0. The van der Waals surface area contributed by atoms with Gasteiger partial charge in [0.05, 0.1) is 13.4 Å². The molecule has 0 bridgehead atoms. The number of benzene rings is 1. The summed E-state index contributed by atoms with van der Waals surface area (Å²) in [6, 6.07) is 11.2.